The van der Waals surface area contributed by atoms with Crippen molar-refractivity contribution < 1.29 is 24.2 Å². The quantitative estimate of drug-likeness (QED) is 0.643. The Morgan fingerprint density at radius 3 is 2.47 bits per heavy atom. The van der Waals surface area contributed by atoms with E-state index in [1.165, 1.54) is 5.56 Å². The van der Waals surface area contributed by atoms with Crippen molar-refractivity contribution in [3.8, 4) is 5.75 Å². The maximum Gasteiger partial charge on any atom is 0.255 e. The van der Waals surface area contributed by atoms with E-state index in [0.29, 0.717) is 43.0 Å². The number of benzene rings is 2. The molecule has 192 valence electrons. The molecule has 0 saturated carbocycles. The van der Waals surface area contributed by atoms with Gasteiger partial charge < -0.3 is 24.8 Å². The number of hydrogen-bond donors (Lipinski definition) is 2. The van der Waals surface area contributed by atoms with Gasteiger partial charge in [0.05, 0.1) is 25.8 Å². The highest BCUT2D eigenvalue weighted by molar-refractivity contribution is 5.99. The second-order valence-electron chi connectivity index (χ2n) is 10.5. The summed E-state index contributed by atoms with van der Waals surface area (Å²) in [5, 5.41) is 13.4. The van der Waals surface area contributed by atoms with Gasteiger partial charge in [0.2, 0.25) is 5.91 Å². The van der Waals surface area contributed by atoms with Crippen molar-refractivity contribution in [3.05, 3.63) is 64.7 Å². The summed E-state index contributed by atoms with van der Waals surface area (Å²) in [6.07, 6.45) is 0.701. The summed E-state index contributed by atoms with van der Waals surface area (Å²) in [6, 6.07) is 14.3. The molecule has 0 aromatic heterocycles. The fourth-order valence-corrected chi connectivity index (χ4v) is 5.61. The lowest BCUT2D eigenvalue weighted by Crippen LogP contribution is -2.63. The van der Waals surface area contributed by atoms with Crippen molar-refractivity contribution in [2.45, 2.75) is 77.2 Å². The number of aliphatic hydroxyl groups is 1. The zero-order valence-electron chi connectivity index (χ0n) is 21.2. The third-order valence-corrected chi connectivity index (χ3v) is 7.65. The maximum absolute atomic E-state index is 13.2. The smallest absolute Gasteiger partial charge is 0.255 e. The first kappa shape index (κ1) is 24.7. The number of ether oxygens (including phenoxy) is 2. The Labute approximate surface area is 212 Å². The molecule has 0 aliphatic carbocycles. The van der Waals surface area contributed by atoms with Crippen LogP contribution in [0.25, 0.3) is 0 Å². The Hall–Kier alpha value is -2.94. The number of carbonyl (C=O) groups is 2. The SMILES string of the molecule is C[C@H]1COC[C@H](C)N1Cc1ccc(COc2cccc3c2CN(C2CCC(=O)NC2(C)O)C3=O)cc1. The number of amides is 2. The fraction of sp³-hybridized carbons (Fsp3) is 0.500. The van der Waals surface area contributed by atoms with Crippen LogP contribution in [0, 0.1) is 0 Å². The van der Waals surface area contributed by atoms with Crippen LogP contribution in [0.3, 0.4) is 0 Å². The molecule has 0 bridgehead atoms. The average Bonchev–Trinajstić information content (AvgIpc) is 3.17. The minimum absolute atomic E-state index is 0.146. The molecular formula is C28H35N3O5. The number of rotatable bonds is 6. The van der Waals surface area contributed by atoms with E-state index in [9.17, 15) is 14.7 Å². The van der Waals surface area contributed by atoms with E-state index in [1.54, 1.807) is 17.9 Å². The van der Waals surface area contributed by atoms with E-state index < -0.39 is 11.8 Å². The highest BCUT2D eigenvalue weighted by Crippen LogP contribution is 2.36. The molecule has 2 amide bonds. The Morgan fingerprint density at radius 2 is 1.78 bits per heavy atom. The number of piperidine rings is 1. The summed E-state index contributed by atoms with van der Waals surface area (Å²) in [5.41, 5.74) is 2.25. The van der Waals surface area contributed by atoms with Crippen molar-refractivity contribution >= 4 is 11.8 Å². The zero-order valence-corrected chi connectivity index (χ0v) is 21.2. The molecule has 2 aromatic carbocycles. The summed E-state index contributed by atoms with van der Waals surface area (Å²) in [7, 11) is 0. The van der Waals surface area contributed by atoms with Crippen molar-refractivity contribution in [2.75, 3.05) is 13.2 Å². The summed E-state index contributed by atoms with van der Waals surface area (Å²) < 4.78 is 11.8. The van der Waals surface area contributed by atoms with Gasteiger partial charge in [-0.1, -0.05) is 30.3 Å². The van der Waals surface area contributed by atoms with Crippen molar-refractivity contribution in [1.82, 2.24) is 15.1 Å². The van der Waals surface area contributed by atoms with Crippen molar-refractivity contribution in [3.63, 3.8) is 0 Å². The molecule has 4 atom stereocenters. The van der Waals surface area contributed by atoms with E-state index in [1.807, 2.05) is 12.1 Å². The Kier molecular flexibility index (Phi) is 6.76. The molecule has 3 aliphatic rings. The van der Waals surface area contributed by atoms with Crippen LogP contribution in [0.5, 0.6) is 5.75 Å². The molecule has 3 heterocycles. The third-order valence-electron chi connectivity index (χ3n) is 7.65. The Morgan fingerprint density at radius 1 is 1.08 bits per heavy atom. The van der Waals surface area contributed by atoms with Crippen LogP contribution < -0.4 is 10.1 Å². The zero-order chi connectivity index (χ0) is 25.4. The molecule has 2 aromatic rings. The molecule has 0 radical (unpaired) electrons. The molecular weight excluding hydrogens is 458 g/mol. The van der Waals surface area contributed by atoms with Crippen LogP contribution in [0.1, 0.15) is 60.7 Å². The van der Waals surface area contributed by atoms with Gasteiger partial charge in [0.25, 0.3) is 5.91 Å². The molecule has 0 spiro atoms. The molecule has 8 nitrogen and oxygen atoms in total. The molecule has 2 unspecified atom stereocenters. The van der Waals surface area contributed by atoms with Crippen LogP contribution in [-0.4, -0.2) is 63.8 Å². The molecule has 2 N–H and O–H groups in total. The standard InChI is InChI=1S/C28H35N3O5/c1-18-15-35-16-19(2)30(18)13-20-7-9-21(10-8-20)17-36-24-6-4-5-22-23(24)14-31(27(22)33)25-11-12-26(32)29-28(25,3)34/h4-10,18-19,25,34H,11-17H2,1-3H3,(H,29,32)/t18-,19-,25?,28?/m0/s1. The van der Waals surface area contributed by atoms with E-state index >= 15 is 0 Å². The predicted molar refractivity (Wildman–Crippen MR) is 134 cm³/mol. The van der Waals surface area contributed by atoms with Gasteiger partial charge in [-0.25, -0.2) is 0 Å². The van der Waals surface area contributed by atoms with Gasteiger partial charge >= 0.3 is 0 Å². The minimum atomic E-state index is -1.47. The summed E-state index contributed by atoms with van der Waals surface area (Å²) in [6.45, 7) is 9.12. The molecule has 5 rings (SSSR count). The van der Waals surface area contributed by atoms with E-state index in [2.05, 4.69) is 48.3 Å². The lowest BCUT2D eigenvalue weighted by Gasteiger charge is -2.42. The van der Waals surface area contributed by atoms with Gasteiger partial charge in [-0.15, -0.1) is 0 Å². The van der Waals surface area contributed by atoms with Gasteiger partial charge in [-0.3, -0.25) is 14.5 Å². The molecule has 3 aliphatic heterocycles. The Bertz CT molecular complexity index is 1120. The molecule has 8 heteroatoms. The normalized spacial score (nSPS) is 28.7. The van der Waals surface area contributed by atoms with Gasteiger partial charge in [0, 0.05) is 36.2 Å². The second-order valence-corrected chi connectivity index (χ2v) is 10.5. The second kappa shape index (κ2) is 9.84. The van der Waals surface area contributed by atoms with E-state index in [-0.39, 0.29) is 18.2 Å². The first-order valence-corrected chi connectivity index (χ1v) is 12.7. The van der Waals surface area contributed by atoms with Crippen LogP contribution >= 0.6 is 0 Å². The summed E-state index contributed by atoms with van der Waals surface area (Å²) in [4.78, 5) is 29.1. The van der Waals surface area contributed by atoms with Crippen LogP contribution in [-0.2, 0) is 29.2 Å². The van der Waals surface area contributed by atoms with Gasteiger partial charge in [-0.2, -0.15) is 0 Å². The highest BCUT2D eigenvalue weighted by Gasteiger charge is 2.46. The molecule has 36 heavy (non-hydrogen) atoms. The summed E-state index contributed by atoms with van der Waals surface area (Å²) >= 11 is 0. The fourth-order valence-electron chi connectivity index (χ4n) is 5.61. The number of fused-ring (bicyclic) bond motifs is 1. The number of morpholine rings is 1. The molecule has 2 fully saturated rings. The minimum Gasteiger partial charge on any atom is -0.489 e. The van der Waals surface area contributed by atoms with Crippen molar-refractivity contribution in [2.24, 2.45) is 0 Å². The van der Waals surface area contributed by atoms with Crippen LogP contribution in [0.2, 0.25) is 0 Å². The Balaban J connectivity index is 1.24. The number of hydrogen-bond acceptors (Lipinski definition) is 6. The topological polar surface area (TPSA) is 91.3 Å². The largest absolute Gasteiger partial charge is 0.489 e. The van der Waals surface area contributed by atoms with E-state index in [0.717, 1.165) is 30.9 Å². The van der Waals surface area contributed by atoms with E-state index in [4.69, 9.17) is 9.47 Å². The van der Waals surface area contributed by atoms with Crippen LogP contribution in [0.4, 0.5) is 0 Å². The van der Waals surface area contributed by atoms with Gasteiger partial charge in [0.15, 0.2) is 5.72 Å². The van der Waals surface area contributed by atoms with Crippen LogP contribution in [0.15, 0.2) is 42.5 Å². The predicted octanol–water partition coefficient (Wildman–Crippen LogP) is 2.82. The number of nitrogens with zero attached hydrogens (tertiary/aromatic N) is 2. The lowest BCUT2D eigenvalue weighted by molar-refractivity contribution is -0.139. The summed E-state index contributed by atoms with van der Waals surface area (Å²) in [5.74, 6) is 0.320. The first-order valence-electron chi connectivity index (χ1n) is 12.7. The monoisotopic (exact) mass is 493 g/mol. The lowest BCUT2D eigenvalue weighted by atomic mass is 9.94. The van der Waals surface area contributed by atoms with Crippen molar-refractivity contribution in [1.29, 1.82) is 0 Å². The maximum atomic E-state index is 13.2. The average molecular weight is 494 g/mol. The third kappa shape index (κ3) is 4.85. The van der Waals surface area contributed by atoms with Gasteiger partial charge in [0.1, 0.15) is 12.4 Å². The number of nitrogens with one attached hydrogen (secondary N) is 1. The first-order chi connectivity index (χ1) is 17.2. The molecule has 2 saturated heterocycles. The van der Waals surface area contributed by atoms with Gasteiger partial charge in [-0.05, 0) is 50.5 Å². The highest BCUT2D eigenvalue weighted by atomic mass is 16.5. The number of carbonyl (C=O) groups excluding carboxylic acids is 2.